The lowest BCUT2D eigenvalue weighted by molar-refractivity contribution is 0.485. The Morgan fingerprint density at radius 2 is 1.52 bits per heavy atom. The maximum atomic E-state index is 12.7. The predicted molar refractivity (Wildman–Crippen MR) is 111 cm³/mol. The molecular weight excluding hydrogens is 429 g/mol. The summed E-state index contributed by atoms with van der Waals surface area (Å²) in [5.74, 6) is 0.497. The van der Waals surface area contributed by atoms with Crippen LogP contribution in [0.5, 0.6) is 11.5 Å². The molecule has 3 aromatic carbocycles. The predicted octanol–water partition coefficient (Wildman–Crippen LogP) is 6.38. The first-order valence-electron chi connectivity index (χ1n) is 7.80. The summed E-state index contributed by atoms with van der Waals surface area (Å²) in [6, 6.07) is 18.5. The first kappa shape index (κ1) is 19.8. The molecule has 0 unspecified atom stereocenters. The van der Waals surface area contributed by atoms with Crippen LogP contribution in [0.4, 0.5) is 5.69 Å². The summed E-state index contributed by atoms with van der Waals surface area (Å²) in [6.07, 6.45) is 0. The van der Waals surface area contributed by atoms with Crippen LogP contribution in [-0.4, -0.2) is 8.42 Å². The number of ether oxygens (including phenoxy) is 1. The molecular formula is C19H14Cl3NO3S. The van der Waals surface area contributed by atoms with Gasteiger partial charge in [0.25, 0.3) is 0 Å². The third-order valence-corrected chi connectivity index (χ3v) is 5.72. The second-order valence-electron chi connectivity index (χ2n) is 5.62. The molecule has 0 aromatic heterocycles. The smallest absolute Gasteiger partial charge is 0.237 e. The number of rotatable bonds is 6. The van der Waals surface area contributed by atoms with Gasteiger partial charge in [-0.2, -0.15) is 0 Å². The summed E-state index contributed by atoms with van der Waals surface area (Å²) in [7, 11) is -3.82. The van der Waals surface area contributed by atoms with Gasteiger partial charge >= 0.3 is 0 Å². The van der Waals surface area contributed by atoms with Gasteiger partial charge in [0.1, 0.15) is 5.75 Å². The molecule has 27 heavy (non-hydrogen) atoms. The minimum Gasteiger partial charge on any atom is -0.455 e. The molecule has 0 radical (unpaired) electrons. The third-order valence-electron chi connectivity index (χ3n) is 3.57. The van der Waals surface area contributed by atoms with E-state index in [1.807, 2.05) is 18.2 Å². The number of nitrogens with one attached hydrogen (secondary N) is 1. The van der Waals surface area contributed by atoms with E-state index < -0.39 is 10.0 Å². The summed E-state index contributed by atoms with van der Waals surface area (Å²) >= 11 is 18.2. The Kier molecular flexibility index (Phi) is 6.17. The van der Waals surface area contributed by atoms with Crippen molar-refractivity contribution in [2.45, 2.75) is 5.75 Å². The number of benzene rings is 3. The van der Waals surface area contributed by atoms with E-state index in [0.29, 0.717) is 22.1 Å². The van der Waals surface area contributed by atoms with E-state index in [-0.39, 0.29) is 21.5 Å². The zero-order valence-electron chi connectivity index (χ0n) is 13.8. The number of sulfonamides is 1. The molecule has 0 saturated heterocycles. The van der Waals surface area contributed by atoms with Crippen LogP contribution in [0.1, 0.15) is 5.56 Å². The zero-order chi connectivity index (χ0) is 19.4. The standard InChI is InChI=1S/C19H14Cl3NO3S/c20-13-9-10-19(26-14-5-2-1-3-6-14)18(11-13)23-27(24,25)12-15-16(21)7-4-8-17(15)22/h1-11,23H,12H2. The molecule has 0 heterocycles. The minimum absolute atomic E-state index is 0.217. The number of halogens is 3. The van der Waals surface area contributed by atoms with Crippen molar-refractivity contribution in [3.05, 3.63) is 87.4 Å². The van der Waals surface area contributed by atoms with Crippen molar-refractivity contribution in [1.29, 1.82) is 0 Å². The van der Waals surface area contributed by atoms with E-state index in [4.69, 9.17) is 39.5 Å². The lowest BCUT2D eigenvalue weighted by atomic mass is 10.2. The van der Waals surface area contributed by atoms with Gasteiger partial charge in [-0.05, 0) is 42.5 Å². The normalized spacial score (nSPS) is 11.2. The summed E-state index contributed by atoms with van der Waals surface area (Å²) in [6.45, 7) is 0. The first-order chi connectivity index (χ1) is 12.8. The van der Waals surface area contributed by atoms with Crippen molar-refractivity contribution in [2.75, 3.05) is 4.72 Å². The largest absolute Gasteiger partial charge is 0.455 e. The average molecular weight is 443 g/mol. The Hall–Kier alpha value is -1.92. The SMILES string of the molecule is O=S(=O)(Cc1c(Cl)cccc1Cl)Nc1cc(Cl)ccc1Oc1ccccc1. The molecule has 0 fully saturated rings. The van der Waals surface area contributed by atoms with E-state index in [2.05, 4.69) is 4.72 Å². The fourth-order valence-corrected chi connectivity index (χ4v) is 4.47. The Bertz CT molecular complexity index is 1040. The fourth-order valence-electron chi connectivity index (χ4n) is 2.35. The zero-order valence-corrected chi connectivity index (χ0v) is 16.9. The van der Waals surface area contributed by atoms with Crippen molar-refractivity contribution in [3.63, 3.8) is 0 Å². The van der Waals surface area contributed by atoms with Gasteiger partial charge in [-0.3, -0.25) is 4.72 Å². The van der Waals surface area contributed by atoms with Crippen LogP contribution in [0.3, 0.4) is 0 Å². The highest BCUT2D eigenvalue weighted by Crippen LogP contribution is 2.34. The highest BCUT2D eigenvalue weighted by Gasteiger charge is 2.19. The molecule has 0 atom stereocenters. The Morgan fingerprint density at radius 1 is 0.852 bits per heavy atom. The molecule has 0 spiro atoms. The van der Waals surface area contributed by atoms with Gasteiger partial charge in [0, 0.05) is 20.6 Å². The van der Waals surface area contributed by atoms with Gasteiger partial charge in [0.2, 0.25) is 10.0 Å². The molecule has 1 N–H and O–H groups in total. The molecule has 0 bridgehead atoms. The molecule has 0 aliphatic heterocycles. The van der Waals surface area contributed by atoms with Crippen LogP contribution in [0.2, 0.25) is 15.1 Å². The Morgan fingerprint density at radius 3 is 2.19 bits per heavy atom. The van der Waals surface area contributed by atoms with Crippen LogP contribution in [0.15, 0.2) is 66.7 Å². The molecule has 3 rings (SSSR count). The highest BCUT2D eigenvalue weighted by atomic mass is 35.5. The average Bonchev–Trinajstić information content (AvgIpc) is 2.61. The van der Waals surface area contributed by atoms with Crippen LogP contribution in [-0.2, 0) is 15.8 Å². The van der Waals surface area contributed by atoms with Crippen molar-refractivity contribution >= 4 is 50.5 Å². The maximum Gasteiger partial charge on any atom is 0.237 e. The minimum atomic E-state index is -3.82. The molecule has 0 aliphatic carbocycles. The van der Waals surface area contributed by atoms with Gasteiger partial charge < -0.3 is 4.74 Å². The maximum absolute atomic E-state index is 12.7. The van der Waals surface area contributed by atoms with Crippen molar-refractivity contribution < 1.29 is 13.2 Å². The van der Waals surface area contributed by atoms with Gasteiger partial charge in [-0.15, -0.1) is 0 Å². The van der Waals surface area contributed by atoms with Crippen molar-refractivity contribution in [1.82, 2.24) is 0 Å². The molecule has 140 valence electrons. The molecule has 8 heteroatoms. The molecule has 0 amide bonds. The van der Waals surface area contributed by atoms with Crippen LogP contribution < -0.4 is 9.46 Å². The molecule has 0 aliphatic rings. The lowest BCUT2D eigenvalue weighted by Gasteiger charge is -2.15. The molecule has 3 aromatic rings. The van der Waals surface area contributed by atoms with Crippen molar-refractivity contribution in [3.8, 4) is 11.5 Å². The van der Waals surface area contributed by atoms with Crippen LogP contribution in [0.25, 0.3) is 0 Å². The fraction of sp³-hybridized carbons (Fsp3) is 0.0526. The molecule has 0 saturated carbocycles. The molecule has 4 nitrogen and oxygen atoms in total. The summed E-state index contributed by atoms with van der Waals surface area (Å²) in [5.41, 5.74) is 0.537. The van der Waals surface area contributed by atoms with Gasteiger partial charge in [-0.1, -0.05) is 59.1 Å². The van der Waals surface area contributed by atoms with E-state index in [0.717, 1.165) is 0 Å². The lowest BCUT2D eigenvalue weighted by Crippen LogP contribution is -2.16. The Labute approximate surface area is 172 Å². The topological polar surface area (TPSA) is 55.4 Å². The summed E-state index contributed by atoms with van der Waals surface area (Å²) in [5, 5.41) is 0.920. The summed E-state index contributed by atoms with van der Waals surface area (Å²) < 4.78 is 33.6. The third kappa shape index (κ3) is 5.30. The van der Waals surface area contributed by atoms with Gasteiger partial charge in [-0.25, -0.2) is 8.42 Å². The number of para-hydroxylation sites is 1. The van der Waals surface area contributed by atoms with Crippen LogP contribution in [0, 0.1) is 0 Å². The quantitative estimate of drug-likeness (QED) is 0.482. The summed E-state index contributed by atoms with van der Waals surface area (Å²) in [4.78, 5) is 0. The first-order valence-corrected chi connectivity index (χ1v) is 10.6. The number of hydrogen-bond donors (Lipinski definition) is 1. The second kappa shape index (κ2) is 8.40. The van der Waals surface area contributed by atoms with E-state index >= 15 is 0 Å². The van der Waals surface area contributed by atoms with Crippen molar-refractivity contribution in [2.24, 2.45) is 0 Å². The highest BCUT2D eigenvalue weighted by molar-refractivity contribution is 7.91. The van der Waals surface area contributed by atoms with E-state index in [1.165, 1.54) is 6.07 Å². The second-order valence-corrected chi connectivity index (χ2v) is 8.59. The van der Waals surface area contributed by atoms with Crippen LogP contribution >= 0.6 is 34.8 Å². The van der Waals surface area contributed by atoms with Gasteiger partial charge in [0.05, 0.1) is 11.4 Å². The van der Waals surface area contributed by atoms with Gasteiger partial charge in [0.15, 0.2) is 5.75 Å². The Balaban J connectivity index is 1.89. The number of anilines is 1. The van der Waals surface area contributed by atoms with E-state index in [1.54, 1.807) is 42.5 Å². The van der Waals surface area contributed by atoms with E-state index in [9.17, 15) is 8.42 Å². The number of hydrogen-bond acceptors (Lipinski definition) is 3. The monoisotopic (exact) mass is 441 g/mol.